The third kappa shape index (κ3) is 3.73. The standard InChI is InChI=1S/C22H27N5O/c1-16-13-19(17(2)23-18-7-5-4-6-8-18)22-24-20(14-21(28)27(22)15-16)26-11-9-25(3)10-12-26/h4-8,13-15,17,23H,9-12H2,1-3H3. The van der Waals surface area contributed by atoms with E-state index in [-0.39, 0.29) is 11.6 Å². The molecule has 1 unspecified atom stereocenters. The molecule has 1 aliphatic heterocycles. The van der Waals surface area contributed by atoms with Crippen molar-refractivity contribution in [2.75, 3.05) is 43.4 Å². The SMILES string of the molecule is Cc1cc(C(C)Nc2ccccc2)c2nc(N3CCN(C)CC3)cc(=O)n2c1. The number of hydrogen-bond donors (Lipinski definition) is 1. The van der Waals surface area contributed by atoms with Gasteiger partial charge in [-0.1, -0.05) is 18.2 Å². The van der Waals surface area contributed by atoms with Crippen LogP contribution in [-0.2, 0) is 0 Å². The van der Waals surface area contributed by atoms with Crippen LogP contribution < -0.4 is 15.8 Å². The van der Waals surface area contributed by atoms with Gasteiger partial charge in [0.15, 0.2) is 0 Å². The van der Waals surface area contributed by atoms with Gasteiger partial charge in [0, 0.05) is 49.7 Å². The number of likely N-dealkylation sites (N-methyl/N-ethyl adjacent to an activating group) is 1. The molecule has 6 heteroatoms. The highest BCUT2D eigenvalue weighted by atomic mass is 16.1. The molecule has 1 aliphatic rings. The fourth-order valence-electron chi connectivity index (χ4n) is 3.74. The normalized spacial score (nSPS) is 16.3. The Morgan fingerprint density at radius 3 is 2.50 bits per heavy atom. The minimum absolute atomic E-state index is 0.0203. The number of anilines is 2. The van der Waals surface area contributed by atoms with Crippen molar-refractivity contribution in [3.05, 3.63) is 70.1 Å². The smallest absolute Gasteiger partial charge is 0.259 e. The maximum Gasteiger partial charge on any atom is 0.259 e. The van der Waals surface area contributed by atoms with Crippen LogP contribution in [0.1, 0.15) is 24.1 Å². The van der Waals surface area contributed by atoms with E-state index in [9.17, 15) is 4.79 Å². The van der Waals surface area contributed by atoms with E-state index in [1.807, 2.05) is 43.5 Å². The Balaban J connectivity index is 1.76. The monoisotopic (exact) mass is 377 g/mol. The number of hydrogen-bond acceptors (Lipinski definition) is 5. The second kappa shape index (κ2) is 7.64. The minimum Gasteiger partial charge on any atom is -0.378 e. The van der Waals surface area contributed by atoms with Crippen molar-refractivity contribution in [3.63, 3.8) is 0 Å². The van der Waals surface area contributed by atoms with Gasteiger partial charge in [-0.3, -0.25) is 9.20 Å². The first-order chi connectivity index (χ1) is 13.5. The van der Waals surface area contributed by atoms with E-state index in [1.165, 1.54) is 0 Å². The molecule has 6 nitrogen and oxygen atoms in total. The number of piperazine rings is 1. The molecule has 1 fully saturated rings. The molecule has 3 heterocycles. The lowest BCUT2D eigenvalue weighted by atomic mass is 10.1. The number of aromatic nitrogens is 2. The van der Waals surface area contributed by atoms with E-state index in [1.54, 1.807) is 10.5 Å². The lowest BCUT2D eigenvalue weighted by molar-refractivity contribution is 0.312. The molecule has 1 aromatic carbocycles. The van der Waals surface area contributed by atoms with E-state index in [0.717, 1.165) is 54.5 Å². The summed E-state index contributed by atoms with van der Waals surface area (Å²) in [6, 6.07) is 13.9. The molecule has 0 bridgehead atoms. The fraction of sp³-hybridized carbons (Fsp3) is 0.364. The Morgan fingerprint density at radius 2 is 1.79 bits per heavy atom. The summed E-state index contributed by atoms with van der Waals surface area (Å²) < 4.78 is 1.67. The second-order valence-corrected chi connectivity index (χ2v) is 7.64. The molecule has 0 amide bonds. The molecular formula is C22H27N5O. The molecule has 2 aromatic heterocycles. The van der Waals surface area contributed by atoms with Gasteiger partial charge in [-0.2, -0.15) is 0 Å². The molecule has 3 aromatic rings. The zero-order valence-electron chi connectivity index (χ0n) is 16.7. The van der Waals surface area contributed by atoms with Gasteiger partial charge < -0.3 is 15.1 Å². The second-order valence-electron chi connectivity index (χ2n) is 7.64. The summed E-state index contributed by atoms with van der Waals surface area (Å²) in [7, 11) is 2.12. The molecular weight excluding hydrogens is 350 g/mol. The molecule has 0 spiro atoms. The summed E-state index contributed by atoms with van der Waals surface area (Å²) in [6.07, 6.45) is 1.87. The first kappa shape index (κ1) is 18.5. The van der Waals surface area contributed by atoms with Gasteiger partial charge in [0.25, 0.3) is 5.56 Å². The van der Waals surface area contributed by atoms with Crippen molar-refractivity contribution in [1.82, 2.24) is 14.3 Å². The molecule has 1 N–H and O–H groups in total. The number of fused-ring (bicyclic) bond motifs is 1. The summed E-state index contributed by atoms with van der Waals surface area (Å²) in [6.45, 7) is 7.85. The molecule has 146 valence electrons. The number of para-hydroxylation sites is 1. The Labute approximate surface area is 165 Å². The van der Waals surface area contributed by atoms with E-state index in [0.29, 0.717) is 0 Å². The number of pyridine rings is 1. The summed E-state index contributed by atoms with van der Waals surface area (Å²) in [4.78, 5) is 22.3. The first-order valence-corrected chi connectivity index (χ1v) is 9.80. The molecule has 1 saturated heterocycles. The summed E-state index contributed by atoms with van der Waals surface area (Å²) >= 11 is 0. The van der Waals surface area contributed by atoms with Crippen molar-refractivity contribution in [2.24, 2.45) is 0 Å². The lowest BCUT2D eigenvalue weighted by Crippen LogP contribution is -2.45. The van der Waals surface area contributed by atoms with Crippen LogP contribution in [0, 0.1) is 6.92 Å². The molecule has 4 rings (SSSR count). The average molecular weight is 377 g/mol. The number of rotatable bonds is 4. The van der Waals surface area contributed by atoms with Crippen LogP contribution in [0.25, 0.3) is 5.65 Å². The summed E-state index contributed by atoms with van der Waals surface area (Å²) in [5, 5.41) is 3.53. The Kier molecular flexibility index (Phi) is 5.05. The maximum absolute atomic E-state index is 12.9. The third-order valence-corrected chi connectivity index (χ3v) is 5.36. The highest BCUT2D eigenvalue weighted by Gasteiger charge is 2.19. The maximum atomic E-state index is 12.9. The number of aryl methyl sites for hydroxylation is 1. The minimum atomic E-state index is -0.0317. The van der Waals surface area contributed by atoms with Gasteiger partial charge in [0.2, 0.25) is 0 Å². The molecule has 28 heavy (non-hydrogen) atoms. The van der Waals surface area contributed by atoms with Crippen molar-refractivity contribution < 1.29 is 0 Å². The molecule has 1 atom stereocenters. The van der Waals surface area contributed by atoms with E-state index in [2.05, 4.69) is 35.2 Å². The van der Waals surface area contributed by atoms with E-state index >= 15 is 0 Å². The van der Waals surface area contributed by atoms with Crippen molar-refractivity contribution in [2.45, 2.75) is 19.9 Å². The number of nitrogens with one attached hydrogen (secondary N) is 1. The van der Waals surface area contributed by atoms with Gasteiger partial charge in [-0.25, -0.2) is 4.98 Å². The Hall–Kier alpha value is -2.86. The van der Waals surface area contributed by atoms with Crippen LogP contribution in [0.4, 0.5) is 11.5 Å². The summed E-state index contributed by atoms with van der Waals surface area (Å²) in [5.41, 5.74) is 3.81. The van der Waals surface area contributed by atoms with E-state index < -0.39 is 0 Å². The van der Waals surface area contributed by atoms with Crippen LogP contribution in [0.15, 0.2) is 53.5 Å². The van der Waals surface area contributed by atoms with Crippen molar-refractivity contribution in [1.29, 1.82) is 0 Å². The number of nitrogens with zero attached hydrogens (tertiary/aromatic N) is 4. The van der Waals surface area contributed by atoms with Crippen molar-refractivity contribution in [3.8, 4) is 0 Å². The van der Waals surface area contributed by atoms with Crippen LogP contribution >= 0.6 is 0 Å². The topological polar surface area (TPSA) is 52.9 Å². The van der Waals surface area contributed by atoms with Crippen LogP contribution in [0.5, 0.6) is 0 Å². The highest BCUT2D eigenvalue weighted by molar-refractivity contribution is 5.58. The highest BCUT2D eigenvalue weighted by Crippen LogP contribution is 2.24. The predicted octanol–water partition coefficient (Wildman–Crippen LogP) is 2.93. The van der Waals surface area contributed by atoms with Gasteiger partial charge in [0.1, 0.15) is 11.5 Å². The van der Waals surface area contributed by atoms with Gasteiger partial charge in [0.05, 0.1) is 6.04 Å². The number of benzene rings is 1. The van der Waals surface area contributed by atoms with Gasteiger partial charge in [-0.15, -0.1) is 0 Å². The first-order valence-electron chi connectivity index (χ1n) is 9.80. The van der Waals surface area contributed by atoms with Crippen LogP contribution in [0.2, 0.25) is 0 Å². The molecule has 0 radical (unpaired) electrons. The Bertz CT molecular complexity index is 1020. The molecule has 0 aliphatic carbocycles. The van der Waals surface area contributed by atoms with E-state index in [4.69, 9.17) is 4.98 Å². The zero-order chi connectivity index (χ0) is 19.7. The largest absolute Gasteiger partial charge is 0.378 e. The third-order valence-electron chi connectivity index (χ3n) is 5.36. The Morgan fingerprint density at radius 1 is 1.07 bits per heavy atom. The van der Waals surface area contributed by atoms with Crippen LogP contribution in [0.3, 0.4) is 0 Å². The quantitative estimate of drug-likeness (QED) is 0.758. The predicted molar refractivity (Wildman–Crippen MR) is 114 cm³/mol. The van der Waals surface area contributed by atoms with Gasteiger partial charge in [-0.05, 0) is 44.7 Å². The lowest BCUT2D eigenvalue weighted by Gasteiger charge is -2.33. The fourth-order valence-corrected chi connectivity index (χ4v) is 3.74. The summed E-state index contributed by atoms with van der Waals surface area (Å²) in [5.74, 6) is 0.773. The average Bonchev–Trinajstić information content (AvgIpc) is 2.69. The van der Waals surface area contributed by atoms with Crippen molar-refractivity contribution >= 4 is 17.2 Å². The van der Waals surface area contributed by atoms with Gasteiger partial charge >= 0.3 is 0 Å². The van der Waals surface area contributed by atoms with Crippen LogP contribution in [-0.4, -0.2) is 47.5 Å². The molecule has 0 saturated carbocycles. The zero-order valence-corrected chi connectivity index (χ0v) is 16.7.